The summed E-state index contributed by atoms with van der Waals surface area (Å²) in [6, 6.07) is 38.4. The number of hydrogen-bond donors (Lipinski definition) is 2. The summed E-state index contributed by atoms with van der Waals surface area (Å²) < 4.78 is 0. The summed E-state index contributed by atoms with van der Waals surface area (Å²) in [4.78, 5) is 40.6. The minimum Gasteiger partial charge on any atom is -0.321 e. The number of carbonyl (C=O) groups is 3. The van der Waals surface area contributed by atoms with Crippen LogP contribution in [0.3, 0.4) is 0 Å². The van der Waals surface area contributed by atoms with E-state index in [1.807, 2.05) is 72.8 Å². The first-order valence-electron chi connectivity index (χ1n) is 15.3. The van der Waals surface area contributed by atoms with Gasteiger partial charge in [-0.3, -0.25) is 14.4 Å². The molecular formula is C40H34N2O3S. The first-order chi connectivity index (χ1) is 22.3. The van der Waals surface area contributed by atoms with E-state index >= 15 is 0 Å². The summed E-state index contributed by atoms with van der Waals surface area (Å²) in [7, 11) is 0. The second kappa shape index (κ2) is 13.8. The molecule has 5 aromatic carbocycles. The van der Waals surface area contributed by atoms with Crippen molar-refractivity contribution in [3.8, 4) is 11.1 Å². The fourth-order valence-corrected chi connectivity index (χ4v) is 6.35. The van der Waals surface area contributed by atoms with Gasteiger partial charge in [-0.15, -0.1) is 11.8 Å². The maximum atomic E-state index is 13.5. The van der Waals surface area contributed by atoms with Crippen LogP contribution in [0, 0.1) is 0 Å². The number of rotatable bonds is 10. The third-order valence-corrected chi connectivity index (χ3v) is 9.01. The number of thioether (sulfide) groups is 1. The highest BCUT2D eigenvalue weighted by atomic mass is 32.2. The number of benzene rings is 5. The molecule has 0 aromatic heterocycles. The summed E-state index contributed by atoms with van der Waals surface area (Å²) in [6.45, 7) is 4.25. The predicted molar refractivity (Wildman–Crippen MR) is 187 cm³/mol. The smallest absolute Gasteiger partial charge is 0.272 e. The molecular weight excluding hydrogens is 589 g/mol. The zero-order valence-corrected chi connectivity index (χ0v) is 26.6. The van der Waals surface area contributed by atoms with Crippen LogP contribution in [0.15, 0.2) is 132 Å². The SMILES string of the molecule is CC(C)c1ccc(/C=C(\NC(=O)c2ccccc2)C(=O)Nc2cccc(SCC(=O)c3ccc4c(c3)Cc3ccccc3-4)c2)cc1. The molecule has 5 nitrogen and oxygen atoms in total. The fourth-order valence-electron chi connectivity index (χ4n) is 5.50. The lowest BCUT2D eigenvalue weighted by Gasteiger charge is -2.13. The van der Waals surface area contributed by atoms with Crippen molar-refractivity contribution in [2.75, 3.05) is 11.1 Å². The van der Waals surface area contributed by atoms with E-state index in [0.717, 1.165) is 16.9 Å². The molecule has 6 heteroatoms. The van der Waals surface area contributed by atoms with Crippen molar-refractivity contribution < 1.29 is 14.4 Å². The van der Waals surface area contributed by atoms with Gasteiger partial charge in [0.2, 0.25) is 0 Å². The van der Waals surface area contributed by atoms with Gasteiger partial charge in [-0.25, -0.2) is 0 Å². The first kappa shape index (κ1) is 30.8. The molecule has 5 aromatic rings. The van der Waals surface area contributed by atoms with Crippen LogP contribution >= 0.6 is 11.8 Å². The van der Waals surface area contributed by atoms with Crippen molar-refractivity contribution in [3.63, 3.8) is 0 Å². The molecule has 0 atom stereocenters. The van der Waals surface area contributed by atoms with Crippen LogP contribution in [0.25, 0.3) is 17.2 Å². The first-order valence-corrected chi connectivity index (χ1v) is 16.3. The Morgan fingerprint density at radius 1 is 0.739 bits per heavy atom. The van der Waals surface area contributed by atoms with Crippen molar-refractivity contribution in [2.24, 2.45) is 0 Å². The lowest BCUT2D eigenvalue weighted by molar-refractivity contribution is -0.113. The summed E-state index contributed by atoms with van der Waals surface area (Å²) in [5, 5.41) is 5.72. The molecule has 1 aliphatic carbocycles. The highest BCUT2D eigenvalue weighted by Crippen LogP contribution is 2.37. The number of fused-ring (bicyclic) bond motifs is 3. The molecule has 1 aliphatic rings. The molecule has 0 aliphatic heterocycles. The number of carbonyl (C=O) groups excluding carboxylic acids is 3. The third-order valence-electron chi connectivity index (χ3n) is 8.02. The van der Waals surface area contributed by atoms with E-state index < -0.39 is 5.91 Å². The highest BCUT2D eigenvalue weighted by Gasteiger charge is 2.20. The Morgan fingerprint density at radius 2 is 1.48 bits per heavy atom. The van der Waals surface area contributed by atoms with Gasteiger partial charge in [0.25, 0.3) is 11.8 Å². The van der Waals surface area contributed by atoms with Gasteiger partial charge < -0.3 is 10.6 Å². The second-order valence-electron chi connectivity index (χ2n) is 11.6. The fraction of sp³-hybridized carbons (Fsp3) is 0.125. The summed E-state index contributed by atoms with van der Waals surface area (Å²) in [5.41, 5.74) is 8.73. The predicted octanol–water partition coefficient (Wildman–Crippen LogP) is 8.77. The Hall–Kier alpha value is -5.20. The van der Waals surface area contributed by atoms with Crippen molar-refractivity contribution >= 4 is 41.1 Å². The van der Waals surface area contributed by atoms with E-state index in [4.69, 9.17) is 0 Å². The minimum atomic E-state index is -0.449. The molecule has 0 saturated carbocycles. The van der Waals surface area contributed by atoms with Gasteiger partial charge in [0, 0.05) is 21.7 Å². The van der Waals surface area contributed by atoms with Crippen LogP contribution in [0.2, 0.25) is 0 Å². The maximum Gasteiger partial charge on any atom is 0.272 e. The van der Waals surface area contributed by atoms with Crippen LogP contribution in [0.5, 0.6) is 0 Å². The molecule has 2 N–H and O–H groups in total. The summed E-state index contributed by atoms with van der Waals surface area (Å²) in [5.74, 6) is -0.122. The van der Waals surface area contributed by atoms with Crippen LogP contribution in [0.1, 0.15) is 62.7 Å². The third kappa shape index (κ3) is 7.19. The molecule has 0 heterocycles. The standard InChI is InChI=1S/C40H34N2O3S/c1-26(2)28-17-15-27(16-18-28)21-37(42-39(44)29-9-4-3-5-10-29)40(45)41-33-12-8-13-34(24-33)46-25-38(43)31-19-20-36-32(23-31)22-30-11-6-7-14-35(30)36/h3-21,23-24,26H,22,25H2,1-2H3,(H,41,45)(H,42,44)/b37-21-. The van der Waals surface area contributed by atoms with Gasteiger partial charge in [0.1, 0.15) is 5.70 Å². The molecule has 0 fully saturated rings. The average Bonchev–Trinajstić information content (AvgIpc) is 3.45. The van der Waals surface area contributed by atoms with E-state index in [1.165, 1.54) is 39.6 Å². The normalized spacial score (nSPS) is 11.9. The summed E-state index contributed by atoms with van der Waals surface area (Å²) >= 11 is 1.42. The zero-order valence-electron chi connectivity index (χ0n) is 25.7. The van der Waals surface area contributed by atoms with Gasteiger partial charge in [0.15, 0.2) is 5.78 Å². The molecule has 0 unspecified atom stereocenters. The van der Waals surface area contributed by atoms with E-state index in [9.17, 15) is 14.4 Å². The Kier molecular flexibility index (Phi) is 9.27. The van der Waals surface area contributed by atoms with E-state index in [2.05, 4.69) is 42.7 Å². The molecule has 46 heavy (non-hydrogen) atoms. The molecule has 0 radical (unpaired) electrons. The number of Topliss-reactive ketones (excluding diaryl/α,β-unsaturated/α-hetero) is 1. The van der Waals surface area contributed by atoms with Gasteiger partial charge in [-0.1, -0.05) is 98.8 Å². The van der Waals surface area contributed by atoms with E-state index in [0.29, 0.717) is 22.7 Å². The minimum absolute atomic E-state index is 0.0514. The topological polar surface area (TPSA) is 75.3 Å². The number of hydrogen-bond acceptors (Lipinski definition) is 4. The monoisotopic (exact) mass is 622 g/mol. The second-order valence-corrected chi connectivity index (χ2v) is 12.6. The molecule has 228 valence electrons. The lowest BCUT2D eigenvalue weighted by Crippen LogP contribution is -2.30. The molecule has 0 bridgehead atoms. The van der Waals surface area contributed by atoms with Gasteiger partial charge in [-0.05, 0) is 88.2 Å². The molecule has 0 saturated heterocycles. The molecule has 6 rings (SSSR count). The van der Waals surface area contributed by atoms with Crippen LogP contribution < -0.4 is 10.6 Å². The van der Waals surface area contributed by atoms with Crippen LogP contribution in [-0.2, 0) is 11.2 Å². The van der Waals surface area contributed by atoms with E-state index in [1.54, 1.807) is 36.4 Å². The number of nitrogens with one attached hydrogen (secondary N) is 2. The van der Waals surface area contributed by atoms with Crippen molar-refractivity contribution in [3.05, 3.63) is 160 Å². The van der Waals surface area contributed by atoms with Gasteiger partial charge in [0.05, 0.1) is 5.75 Å². The highest BCUT2D eigenvalue weighted by molar-refractivity contribution is 8.00. The average molecular weight is 623 g/mol. The van der Waals surface area contributed by atoms with Gasteiger partial charge in [-0.2, -0.15) is 0 Å². The van der Waals surface area contributed by atoms with Crippen LogP contribution in [-0.4, -0.2) is 23.4 Å². The Labute approximate surface area is 273 Å². The van der Waals surface area contributed by atoms with E-state index in [-0.39, 0.29) is 23.1 Å². The maximum absolute atomic E-state index is 13.5. The number of anilines is 1. The van der Waals surface area contributed by atoms with Crippen molar-refractivity contribution in [1.29, 1.82) is 0 Å². The Bertz CT molecular complexity index is 1950. The number of ketones is 1. The quantitative estimate of drug-likeness (QED) is 0.0910. The van der Waals surface area contributed by atoms with Crippen LogP contribution in [0.4, 0.5) is 5.69 Å². The number of amides is 2. The zero-order chi connectivity index (χ0) is 32.0. The Morgan fingerprint density at radius 3 is 2.26 bits per heavy atom. The molecule has 2 amide bonds. The molecule has 0 spiro atoms. The van der Waals surface area contributed by atoms with Gasteiger partial charge >= 0.3 is 0 Å². The summed E-state index contributed by atoms with van der Waals surface area (Å²) in [6.07, 6.45) is 2.51. The Balaban J connectivity index is 1.14. The largest absolute Gasteiger partial charge is 0.321 e. The van der Waals surface area contributed by atoms with Crippen molar-refractivity contribution in [1.82, 2.24) is 5.32 Å². The lowest BCUT2D eigenvalue weighted by atomic mass is 10.0. The van der Waals surface area contributed by atoms with Crippen molar-refractivity contribution in [2.45, 2.75) is 31.1 Å².